The van der Waals surface area contributed by atoms with Gasteiger partial charge >= 0.3 is 12.1 Å². The third kappa shape index (κ3) is 5.18. The second kappa shape index (κ2) is 10.1. The number of carbonyl (C=O) groups is 3. The first-order valence-corrected chi connectivity index (χ1v) is 11.6. The van der Waals surface area contributed by atoms with Gasteiger partial charge in [-0.15, -0.1) is 0 Å². The number of carboxylic acid groups (broad SMARTS) is 1. The zero-order valence-corrected chi connectivity index (χ0v) is 18.8. The van der Waals surface area contributed by atoms with Crippen molar-refractivity contribution >= 4 is 18.0 Å². The van der Waals surface area contributed by atoms with Crippen LogP contribution >= 0.6 is 0 Å². The number of fused-ring (bicyclic) bond motifs is 3. The van der Waals surface area contributed by atoms with Crippen LogP contribution in [-0.2, 0) is 14.3 Å². The first kappa shape index (κ1) is 22.8. The Kier molecular flexibility index (Phi) is 6.96. The number of hydrogen-bond donors (Lipinski definition) is 3. The third-order valence-electron chi connectivity index (χ3n) is 6.70. The largest absolute Gasteiger partial charge is 0.481 e. The van der Waals surface area contributed by atoms with Crippen molar-refractivity contribution in [1.29, 1.82) is 0 Å². The van der Waals surface area contributed by atoms with E-state index in [4.69, 9.17) is 9.84 Å². The molecule has 3 N–H and O–H groups in total. The molecule has 0 radical (unpaired) electrons. The van der Waals surface area contributed by atoms with Crippen molar-refractivity contribution in [3.63, 3.8) is 0 Å². The van der Waals surface area contributed by atoms with E-state index in [0.29, 0.717) is 6.42 Å². The van der Waals surface area contributed by atoms with Crippen LogP contribution in [0.4, 0.5) is 4.79 Å². The van der Waals surface area contributed by atoms with E-state index >= 15 is 0 Å². The Bertz CT molecular complexity index is 987. The Balaban J connectivity index is 1.37. The minimum Gasteiger partial charge on any atom is -0.481 e. The summed E-state index contributed by atoms with van der Waals surface area (Å²) in [7, 11) is 0. The highest BCUT2D eigenvalue weighted by Gasteiger charge is 2.35. The number of ether oxygens (including phenoxy) is 1. The molecule has 0 spiro atoms. The highest BCUT2D eigenvalue weighted by atomic mass is 16.5. The van der Waals surface area contributed by atoms with Gasteiger partial charge in [-0.3, -0.25) is 9.59 Å². The van der Waals surface area contributed by atoms with Crippen LogP contribution in [0.1, 0.15) is 56.1 Å². The fourth-order valence-corrected chi connectivity index (χ4v) is 4.68. The van der Waals surface area contributed by atoms with Crippen molar-refractivity contribution in [2.45, 2.75) is 57.0 Å². The molecular formula is C26H30N2O5. The SMILES string of the molecule is CC(CCC(=O)O)NC(=O)C(NC(=O)OCC1c2ccccc2-c2ccccc21)C1CCC1. The van der Waals surface area contributed by atoms with Crippen LogP contribution in [0.15, 0.2) is 48.5 Å². The van der Waals surface area contributed by atoms with Crippen LogP contribution in [0.2, 0.25) is 0 Å². The molecule has 2 aromatic rings. The second-order valence-corrected chi connectivity index (χ2v) is 8.98. The first-order chi connectivity index (χ1) is 15.9. The first-order valence-electron chi connectivity index (χ1n) is 11.6. The van der Waals surface area contributed by atoms with E-state index in [9.17, 15) is 14.4 Å². The molecule has 7 heteroatoms. The third-order valence-corrected chi connectivity index (χ3v) is 6.70. The quantitative estimate of drug-likeness (QED) is 0.534. The van der Waals surface area contributed by atoms with Crippen LogP contribution < -0.4 is 10.6 Å². The molecule has 0 saturated heterocycles. The molecular weight excluding hydrogens is 420 g/mol. The number of alkyl carbamates (subject to hydrolysis) is 1. The lowest BCUT2D eigenvalue weighted by molar-refractivity contribution is -0.137. The predicted molar refractivity (Wildman–Crippen MR) is 124 cm³/mol. The lowest BCUT2D eigenvalue weighted by Gasteiger charge is -2.33. The Morgan fingerprint density at radius 1 is 1.00 bits per heavy atom. The van der Waals surface area contributed by atoms with Gasteiger partial charge in [0.2, 0.25) is 5.91 Å². The normalized spacial score (nSPS) is 16.6. The summed E-state index contributed by atoms with van der Waals surface area (Å²) in [6.07, 6.45) is 2.46. The minimum atomic E-state index is -0.900. The van der Waals surface area contributed by atoms with Crippen LogP contribution in [0.5, 0.6) is 0 Å². The summed E-state index contributed by atoms with van der Waals surface area (Å²) in [6.45, 7) is 1.96. The van der Waals surface area contributed by atoms with Gasteiger partial charge in [-0.1, -0.05) is 55.0 Å². The van der Waals surface area contributed by atoms with Gasteiger partial charge in [0.1, 0.15) is 12.6 Å². The molecule has 0 bridgehead atoms. The van der Waals surface area contributed by atoms with Gasteiger partial charge in [0, 0.05) is 18.4 Å². The van der Waals surface area contributed by atoms with Crippen molar-refractivity contribution in [3.05, 3.63) is 59.7 Å². The number of rotatable bonds is 9. The lowest BCUT2D eigenvalue weighted by Crippen LogP contribution is -2.54. The fourth-order valence-electron chi connectivity index (χ4n) is 4.68. The van der Waals surface area contributed by atoms with Gasteiger partial charge < -0.3 is 20.5 Å². The van der Waals surface area contributed by atoms with E-state index in [0.717, 1.165) is 41.5 Å². The van der Waals surface area contributed by atoms with Crippen LogP contribution in [0, 0.1) is 5.92 Å². The topological polar surface area (TPSA) is 105 Å². The standard InChI is InChI=1S/C26H30N2O5/c1-16(13-14-23(29)30)27-25(31)24(17-7-6-8-17)28-26(32)33-15-22-20-11-4-2-9-18(20)19-10-3-5-12-21(19)22/h2-5,9-12,16-17,22,24H,6-8,13-15H2,1H3,(H,27,31)(H,28,32)(H,29,30). The summed E-state index contributed by atoms with van der Waals surface area (Å²) in [5.74, 6) is -1.16. The minimum absolute atomic E-state index is 0.0185. The lowest BCUT2D eigenvalue weighted by atomic mass is 9.79. The van der Waals surface area contributed by atoms with Gasteiger partial charge in [0.25, 0.3) is 0 Å². The molecule has 0 aliphatic heterocycles. The zero-order valence-electron chi connectivity index (χ0n) is 18.8. The summed E-state index contributed by atoms with van der Waals surface area (Å²) in [6, 6.07) is 15.3. The molecule has 2 aliphatic carbocycles. The molecule has 2 amide bonds. The molecule has 0 aromatic heterocycles. The molecule has 7 nitrogen and oxygen atoms in total. The van der Waals surface area contributed by atoms with E-state index in [-0.39, 0.29) is 36.8 Å². The summed E-state index contributed by atoms with van der Waals surface area (Å²) in [5, 5.41) is 14.5. The summed E-state index contributed by atoms with van der Waals surface area (Å²) >= 11 is 0. The van der Waals surface area contributed by atoms with E-state index in [2.05, 4.69) is 34.9 Å². The van der Waals surface area contributed by atoms with Crippen molar-refractivity contribution in [2.24, 2.45) is 5.92 Å². The predicted octanol–water partition coefficient (Wildman–Crippen LogP) is 4.06. The highest BCUT2D eigenvalue weighted by molar-refractivity contribution is 5.86. The summed E-state index contributed by atoms with van der Waals surface area (Å²) < 4.78 is 5.62. The number of carboxylic acids is 1. The molecule has 33 heavy (non-hydrogen) atoms. The number of benzene rings is 2. The monoisotopic (exact) mass is 450 g/mol. The van der Waals surface area contributed by atoms with E-state index in [1.54, 1.807) is 6.92 Å². The molecule has 4 rings (SSSR count). The van der Waals surface area contributed by atoms with Crippen molar-refractivity contribution < 1.29 is 24.2 Å². The van der Waals surface area contributed by atoms with Crippen LogP contribution in [-0.4, -0.2) is 41.8 Å². The van der Waals surface area contributed by atoms with Gasteiger partial charge in [-0.25, -0.2) is 4.79 Å². The molecule has 0 heterocycles. The smallest absolute Gasteiger partial charge is 0.407 e. The maximum Gasteiger partial charge on any atom is 0.407 e. The highest BCUT2D eigenvalue weighted by Crippen LogP contribution is 2.44. The van der Waals surface area contributed by atoms with Crippen molar-refractivity contribution in [1.82, 2.24) is 10.6 Å². The van der Waals surface area contributed by atoms with Gasteiger partial charge in [0.15, 0.2) is 0 Å². The molecule has 2 atom stereocenters. The second-order valence-electron chi connectivity index (χ2n) is 8.98. The Morgan fingerprint density at radius 3 is 2.15 bits per heavy atom. The summed E-state index contributed by atoms with van der Waals surface area (Å²) in [4.78, 5) is 36.3. The number of carbonyl (C=O) groups excluding carboxylic acids is 2. The zero-order chi connectivity index (χ0) is 23.4. The van der Waals surface area contributed by atoms with E-state index < -0.39 is 18.1 Å². The maximum absolute atomic E-state index is 12.8. The molecule has 2 aromatic carbocycles. The average molecular weight is 451 g/mol. The van der Waals surface area contributed by atoms with Crippen LogP contribution in [0.3, 0.4) is 0 Å². The van der Waals surface area contributed by atoms with E-state index in [1.807, 2.05) is 24.3 Å². The molecule has 2 unspecified atom stereocenters. The van der Waals surface area contributed by atoms with Gasteiger partial charge in [-0.2, -0.15) is 0 Å². The average Bonchev–Trinajstić information content (AvgIpc) is 3.08. The van der Waals surface area contributed by atoms with Crippen molar-refractivity contribution in [2.75, 3.05) is 6.61 Å². The van der Waals surface area contributed by atoms with Crippen molar-refractivity contribution in [3.8, 4) is 11.1 Å². The fraction of sp³-hybridized carbons (Fsp3) is 0.423. The number of aliphatic carboxylic acids is 1. The van der Waals surface area contributed by atoms with Gasteiger partial charge in [0.05, 0.1) is 0 Å². The number of hydrogen-bond acceptors (Lipinski definition) is 4. The van der Waals surface area contributed by atoms with E-state index in [1.165, 1.54) is 0 Å². The van der Waals surface area contributed by atoms with Gasteiger partial charge in [-0.05, 0) is 54.4 Å². The Hall–Kier alpha value is -3.35. The molecule has 174 valence electrons. The molecule has 1 fully saturated rings. The molecule has 2 aliphatic rings. The van der Waals surface area contributed by atoms with Crippen LogP contribution in [0.25, 0.3) is 11.1 Å². The Labute approximate surface area is 193 Å². The molecule has 1 saturated carbocycles. The Morgan fingerprint density at radius 2 is 1.61 bits per heavy atom. The maximum atomic E-state index is 12.8. The summed E-state index contributed by atoms with van der Waals surface area (Å²) in [5.41, 5.74) is 4.58. The number of amides is 2. The number of nitrogens with one attached hydrogen (secondary N) is 2.